The van der Waals surface area contributed by atoms with Gasteiger partial charge in [-0.3, -0.25) is 4.98 Å². The maximum atomic E-state index is 5.58. The van der Waals surface area contributed by atoms with Crippen LogP contribution >= 0.6 is 0 Å². The Balaban J connectivity index is 2.01. The van der Waals surface area contributed by atoms with Crippen LogP contribution in [0.4, 0.5) is 0 Å². The summed E-state index contributed by atoms with van der Waals surface area (Å²) in [6.07, 6.45) is 3.39. The summed E-state index contributed by atoms with van der Waals surface area (Å²) in [6.45, 7) is 0. The van der Waals surface area contributed by atoms with Crippen molar-refractivity contribution in [3.05, 3.63) is 54.2 Å². The average Bonchev–Trinajstić information content (AvgIpc) is 2.89. The second-order valence-electron chi connectivity index (χ2n) is 3.82. The third kappa shape index (κ3) is 2.26. The van der Waals surface area contributed by atoms with Crippen LogP contribution in [0.25, 0.3) is 11.1 Å². The lowest BCUT2D eigenvalue weighted by Crippen LogP contribution is -1.81. The van der Waals surface area contributed by atoms with Gasteiger partial charge in [-0.2, -0.15) is 0 Å². The van der Waals surface area contributed by atoms with Gasteiger partial charge in [0.2, 0.25) is 0 Å². The van der Waals surface area contributed by atoms with Gasteiger partial charge in [0.05, 0.1) is 7.11 Å². The molecule has 0 saturated heterocycles. The van der Waals surface area contributed by atoms with Gasteiger partial charge in [0, 0.05) is 18.0 Å². The van der Waals surface area contributed by atoms with Gasteiger partial charge in [-0.1, -0.05) is 12.0 Å². The Morgan fingerprint density at radius 1 is 1.16 bits per heavy atom. The fourth-order valence-corrected chi connectivity index (χ4v) is 1.70. The molecule has 0 atom stereocenters. The molecule has 0 N–H and O–H groups in total. The predicted molar refractivity (Wildman–Crippen MR) is 70.8 cm³/mol. The number of aromatic nitrogens is 2. The molecule has 2 heterocycles. The summed E-state index contributed by atoms with van der Waals surface area (Å²) >= 11 is 0. The van der Waals surface area contributed by atoms with Gasteiger partial charge < -0.3 is 9.15 Å². The van der Waals surface area contributed by atoms with E-state index in [9.17, 15) is 0 Å². The minimum absolute atomic E-state index is 0.364. The van der Waals surface area contributed by atoms with Crippen LogP contribution in [0.5, 0.6) is 5.75 Å². The number of methoxy groups -OCH3 is 1. The summed E-state index contributed by atoms with van der Waals surface area (Å²) < 4.78 is 10.8. The van der Waals surface area contributed by atoms with Crippen LogP contribution in [0.15, 0.2) is 47.1 Å². The van der Waals surface area contributed by atoms with E-state index in [2.05, 4.69) is 21.8 Å². The van der Waals surface area contributed by atoms with Crippen molar-refractivity contribution in [2.24, 2.45) is 0 Å². The van der Waals surface area contributed by atoms with E-state index in [0.29, 0.717) is 17.2 Å². The number of ether oxygens (including phenoxy) is 1. The fraction of sp³-hybridized carbons (Fsp3) is 0.0667. The molecule has 0 aliphatic heterocycles. The highest BCUT2D eigenvalue weighted by atomic mass is 16.5. The maximum absolute atomic E-state index is 5.58. The Kier molecular flexibility index (Phi) is 2.87. The van der Waals surface area contributed by atoms with Crippen molar-refractivity contribution in [1.82, 2.24) is 9.97 Å². The highest BCUT2D eigenvalue weighted by Gasteiger charge is 2.08. The van der Waals surface area contributed by atoms with E-state index in [1.54, 1.807) is 19.5 Å². The monoisotopic (exact) mass is 250 g/mol. The zero-order chi connectivity index (χ0) is 13.1. The van der Waals surface area contributed by atoms with Gasteiger partial charge in [-0.15, -0.1) is 0 Å². The highest BCUT2D eigenvalue weighted by Crippen LogP contribution is 2.25. The molecule has 0 bridgehead atoms. The van der Waals surface area contributed by atoms with E-state index < -0.39 is 0 Å². The molecular formula is C15H10N2O2. The second kappa shape index (κ2) is 4.83. The average molecular weight is 250 g/mol. The number of nitrogens with zero attached hydrogens (tertiary/aromatic N) is 2. The number of oxazole rings is 1. The molecular weight excluding hydrogens is 240 g/mol. The van der Waals surface area contributed by atoms with E-state index >= 15 is 0 Å². The highest BCUT2D eigenvalue weighted by molar-refractivity contribution is 5.79. The number of pyridine rings is 1. The Bertz CT molecular complexity index is 767. The first-order valence-corrected chi connectivity index (χ1v) is 5.72. The zero-order valence-corrected chi connectivity index (χ0v) is 10.3. The summed E-state index contributed by atoms with van der Waals surface area (Å²) in [6, 6.07) is 9.26. The fourth-order valence-electron chi connectivity index (χ4n) is 1.70. The molecule has 0 amide bonds. The first kappa shape index (κ1) is 11.3. The third-order valence-electron chi connectivity index (χ3n) is 2.57. The summed E-state index contributed by atoms with van der Waals surface area (Å²) in [5.74, 6) is 6.84. The van der Waals surface area contributed by atoms with Crippen LogP contribution in [-0.2, 0) is 0 Å². The molecule has 4 heteroatoms. The van der Waals surface area contributed by atoms with Gasteiger partial charge in [-0.05, 0) is 30.2 Å². The Morgan fingerprint density at radius 2 is 2.11 bits per heavy atom. The number of fused-ring (bicyclic) bond motifs is 1. The van der Waals surface area contributed by atoms with E-state index in [0.717, 1.165) is 11.1 Å². The lowest BCUT2D eigenvalue weighted by atomic mass is 10.3. The summed E-state index contributed by atoms with van der Waals surface area (Å²) in [5.41, 5.74) is 2.16. The van der Waals surface area contributed by atoms with Crippen LogP contribution in [-0.4, -0.2) is 17.1 Å². The molecule has 0 fully saturated rings. The molecule has 92 valence electrons. The Labute approximate surface area is 110 Å². The van der Waals surface area contributed by atoms with Crippen molar-refractivity contribution >= 4 is 11.1 Å². The minimum Gasteiger partial charge on any atom is -0.493 e. The van der Waals surface area contributed by atoms with E-state index in [4.69, 9.17) is 9.15 Å². The number of para-hydroxylation sites is 1. The Morgan fingerprint density at radius 3 is 2.89 bits per heavy atom. The molecule has 19 heavy (non-hydrogen) atoms. The smallest absolute Gasteiger partial charge is 0.274 e. The molecule has 1 aromatic carbocycles. The molecule has 0 radical (unpaired) electrons. The minimum atomic E-state index is 0.364. The third-order valence-corrected chi connectivity index (χ3v) is 2.57. The van der Waals surface area contributed by atoms with E-state index in [1.807, 2.05) is 30.3 Å². The normalized spacial score (nSPS) is 9.95. The van der Waals surface area contributed by atoms with Crippen molar-refractivity contribution in [1.29, 1.82) is 0 Å². The van der Waals surface area contributed by atoms with Gasteiger partial charge in [-0.25, -0.2) is 4.98 Å². The molecule has 4 nitrogen and oxygen atoms in total. The molecule has 0 unspecified atom stereocenters. The molecule has 0 saturated carbocycles. The van der Waals surface area contributed by atoms with Crippen molar-refractivity contribution < 1.29 is 9.15 Å². The van der Waals surface area contributed by atoms with Gasteiger partial charge in [0.1, 0.15) is 5.52 Å². The van der Waals surface area contributed by atoms with E-state index in [-0.39, 0.29) is 0 Å². The van der Waals surface area contributed by atoms with Crippen LogP contribution in [0.2, 0.25) is 0 Å². The van der Waals surface area contributed by atoms with Crippen LogP contribution < -0.4 is 4.74 Å². The van der Waals surface area contributed by atoms with Crippen molar-refractivity contribution in [2.45, 2.75) is 0 Å². The summed E-state index contributed by atoms with van der Waals surface area (Å²) in [5, 5.41) is 0. The van der Waals surface area contributed by atoms with Crippen LogP contribution in [0.3, 0.4) is 0 Å². The second-order valence-corrected chi connectivity index (χ2v) is 3.82. The topological polar surface area (TPSA) is 48.2 Å². The zero-order valence-electron chi connectivity index (χ0n) is 10.3. The summed E-state index contributed by atoms with van der Waals surface area (Å²) in [7, 11) is 1.60. The summed E-state index contributed by atoms with van der Waals surface area (Å²) in [4.78, 5) is 8.29. The Hall–Kier alpha value is -2.80. The number of hydrogen-bond acceptors (Lipinski definition) is 4. The first-order valence-electron chi connectivity index (χ1n) is 5.72. The van der Waals surface area contributed by atoms with Gasteiger partial charge in [0.25, 0.3) is 5.89 Å². The lowest BCUT2D eigenvalue weighted by molar-refractivity contribution is 0.409. The van der Waals surface area contributed by atoms with Crippen molar-refractivity contribution in [2.75, 3.05) is 7.11 Å². The van der Waals surface area contributed by atoms with Crippen LogP contribution in [0, 0.1) is 11.8 Å². The quantitative estimate of drug-likeness (QED) is 0.623. The molecule has 0 spiro atoms. The van der Waals surface area contributed by atoms with Crippen molar-refractivity contribution in [3.63, 3.8) is 0 Å². The maximum Gasteiger partial charge on any atom is 0.274 e. The standard InChI is InChI=1S/C15H10N2O2/c1-18-13-6-2-5-12-15(13)19-14(17-12)8-7-11-4-3-9-16-10-11/h2-6,9-10H,1H3. The number of rotatable bonds is 1. The molecule has 3 aromatic rings. The van der Waals surface area contributed by atoms with Crippen LogP contribution in [0.1, 0.15) is 11.5 Å². The predicted octanol–water partition coefficient (Wildman–Crippen LogP) is 2.63. The van der Waals surface area contributed by atoms with Crippen molar-refractivity contribution in [3.8, 4) is 17.6 Å². The molecule has 2 aromatic heterocycles. The molecule has 0 aliphatic rings. The largest absolute Gasteiger partial charge is 0.493 e. The lowest BCUT2D eigenvalue weighted by Gasteiger charge is -1.96. The van der Waals surface area contributed by atoms with Gasteiger partial charge in [0.15, 0.2) is 11.3 Å². The number of benzene rings is 1. The molecule has 3 rings (SSSR count). The van der Waals surface area contributed by atoms with Gasteiger partial charge >= 0.3 is 0 Å². The molecule has 0 aliphatic carbocycles. The SMILES string of the molecule is COc1cccc2nc(C#Cc3cccnc3)oc12. The van der Waals surface area contributed by atoms with E-state index in [1.165, 1.54) is 0 Å². The first-order chi connectivity index (χ1) is 9.36. The number of hydrogen-bond donors (Lipinski definition) is 0.